The van der Waals surface area contributed by atoms with E-state index in [2.05, 4.69) is 26.0 Å². The maximum Gasteiger partial charge on any atom is 0.245 e. The summed E-state index contributed by atoms with van der Waals surface area (Å²) in [4.78, 5) is 0.167. The van der Waals surface area contributed by atoms with E-state index < -0.39 is 10.0 Å². The van der Waals surface area contributed by atoms with E-state index in [1.54, 1.807) is 13.1 Å². The van der Waals surface area contributed by atoms with Gasteiger partial charge in [-0.2, -0.15) is 0 Å². The Morgan fingerprint density at radius 3 is 2.67 bits per heavy atom. The highest BCUT2D eigenvalue weighted by Crippen LogP contribution is 2.34. The minimum atomic E-state index is -3.53. The zero-order chi connectivity index (χ0) is 13.4. The van der Waals surface area contributed by atoms with Crippen molar-refractivity contribution < 1.29 is 12.8 Å². The molecule has 18 heavy (non-hydrogen) atoms. The van der Waals surface area contributed by atoms with E-state index in [1.807, 2.05) is 6.92 Å². The van der Waals surface area contributed by atoms with Crippen molar-refractivity contribution in [3.8, 4) is 0 Å². The summed E-state index contributed by atoms with van der Waals surface area (Å²) < 4.78 is 32.9. The third-order valence-corrected chi connectivity index (χ3v) is 5.68. The molecular weight excluding hydrogens is 320 g/mol. The average Bonchev–Trinajstić information content (AvgIpc) is 2.58. The van der Waals surface area contributed by atoms with E-state index in [4.69, 9.17) is 4.42 Å². The first-order valence-electron chi connectivity index (χ1n) is 5.83. The number of hydrogen-bond acceptors (Lipinski definition) is 4. The van der Waals surface area contributed by atoms with Crippen LogP contribution < -0.4 is 10.0 Å². The molecule has 2 N–H and O–H groups in total. The molecule has 0 bridgehead atoms. The summed E-state index contributed by atoms with van der Waals surface area (Å²) in [6.45, 7) is 2.42. The van der Waals surface area contributed by atoms with Crippen molar-refractivity contribution in [2.45, 2.75) is 43.2 Å². The van der Waals surface area contributed by atoms with Gasteiger partial charge in [-0.15, -0.1) is 0 Å². The third-order valence-electron chi connectivity index (χ3n) is 3.18. The molecule has 1 saturated carbocycles. The van der Waals surface area contributed by atoms with Crippen molar-refractivity contribution >= 4 is 26.0 Å². The standard InChI is InChI=1S/C11H17BrN2O3S/c1-11(4-3-5-11)14-18(15,16)9-6-8(7-13-2)17-10(9)12/h6,13-14H,3-5,7H2,1-2H3. The average molecular weight is 337 g/mol. The topological polar surface area (TPSA) is 71.3 Å². The SMILES string of the molecule is CNCc1cc(S(=O)(=O)NC2(C)CCC2)c(Br)o1. The van der Waals surface area contributed by atoms with Gasteiger partial charge in [0.1, 0.15) is 10.7 Å². The fraction of sp³-hybridized carbons (Fsp3) is 0.636. The molecule has 0 radical (unpaired) electrons. The smallest absolute Gasteiger partial charge is 0.245 e. The van der Waals surface area contributed by atoms with Gasteiger partial charge >= 0.3 is 0 Å². The number of rotatable bonds is 5. The second-order valence-corrected chi connectivity index (χ2v) is 7.27. The quantitative estimate of drug-likeness (QED) is 0.862. The molecule has 2 rings (SSSR count). The van der Waals surface area contributed by atoms with Crippen LogP contribution in [0.2, 0.25) is 0 Å². The Hall–Kier alpha value is -0.370. The molecule has 7 heteroatoms. The van der Waals surface area contributed by atoms with Crippen molar-refractivity contribution in [3.63, 3.8) is 0 Å². The van der Waals surface area contributed by atoms with Crippen molar-refractivity contribution in [1.29, 1.82) is 0 Å². The number of furan rings is 1. The molecular formula is C11H17BrN2O3S. The van der Waals surface area contributed by atoms with E-state index in [0.29, 0.717) is 12.3 Å². The summed E-state index contributed by atoms with van der Waals surface area (Å²) in [6.07, 6.45) is 2.83. The summed E-state index contributed by atoms with van der Waals surface area (Å²) in [6, 6.07) is 1.55. The first-order valence-corrected chi connectivity index (χ1v) is 8.11. The Labute approximate surface area is 116 Å². The predicted octanol–water partition coefficient (Wildman–Crippen LogP) is 1.98. The molecule has 0 spiro atoms. The summed E-state index contributed by atoms with van der Waals surface area (Å²) in [5.41, 5.74) is -0.307. The molecule has 0 unspecified atom stereocenters. The van der Waals surface area contributed by atoms with Gasteiger partial charge < -0.3 is 9.73 Å². The molecule has 0 atom stereocenters. The lowest BCUT2D eigenvalue weighted by Crippen LogP contribution is -2.50. The zero-order valence-corrected chi connectivity index (χ0v) is 12.8. The van der Waals surface area contributed by atoms with Gasteiger partial charge in [-0.1, -0.05) is 0 Å². The van der Waals surface area contributed by atoms with Crippen LogP contribution in [0.15, 0.2) is 20.0 Å². The fourth-order valence-corrected chi connectivity index (χ4v) is 4.49. The monoisotopic (exact) mass is 336 g/mol. The molecule has 1 heterocycles. The molecule has 0 aromatic carbocycles. The fourth-order valence-electron chi connectivity index (χ4n) is 2.03. The van der Waals surface area contributed by atoms with Crippen molar-refractivity contribution in [2.24, 2.45) is 0 Å². The van der Waals surface area contributed by atoms with Crippen LogP contribution in [0.5, 0.6) is 0 Å². The Balaban J connectivity index is 2.23. The molecule has 1 aromatic rings. The molecule has 0 aliphatic heterocycles. The molecule has 1 fully saturated rings. The van der Waals surface area contributed by atoms with E-state index >= 15 is 0 Å². The lowest BCUT2D eigenvalue weighted by atomic mass is 9.80. The van der Waals surface area contributed by atoms with Gasteiger partial charge in [-0.25, -0.2) is 13.1 Å². The molecule has 1 aromatic heterocycles. The van der Waals surface area contributed by atoms with Gasteiger partial charge in [-0.05, 0) is 49.2 Å². The van der Waals surface area contributed by atoms with Crippen LogP contribution in [0, 0.1) is 0 Å². The second kappa shape index (κ2) is 4.96. The predicted molar refractivity (Wildman–Crippen MR) is 71.7 cm³/mol. The van der Waals surface area contributed by atoms with E-state index in [1.165, 1.54) is 0 Å². The van der Waals surface area contributed by atoms with Crippen molar-refractivity contribution in [3.05, 3.63) is 16.5 Å². The van der Waals surface area contributed by atoms with Gasteiger partial charge in [0, 0.05) is 11.6 Å². The van der Waals surface area contributed by atoms with E-state index in [0.717, 1.165) is 19.3 Å². The van der Waals surface area contributed by atoms with Gasteiger partial charge in [0.2, 0.25) is 10.0 Å². The molecule has 1 aliphatic rings. The third kappa shape index (κ3) is 2.79. The van der Waals surface area contributed by atoms with Gasteiger partial charge in [0.25, 0.3) is 0 Å². The molecule has 0 amide bonds. The highest BCUT2D eigenvalue weighted by molar-refractivity contribution is 9.10. The zero-order valence-electron chi connectivity index (χ0n) is 10.4. The highest BCUT2D eigenvalue weighted by Gasteiger charge is 2.37. The van der Waals surface area contributed by atoms with Gasteiger partial charge in [0.15, 0.2) is 4.67 Å². The summed E-state index contributed by atoms with van der Waals surface area (Å²) in [5, 5.41) is 2.92. The summed E-state index contributed by atoms with van der Waals surface area (Å²) in [7, 11) is -1.75. The van der Waals surface area contributed by atoms with Crippen LogP contribution in [-0.4, -0.2) is 21.0 Å². The Bertz CT molecular complexity index is 534. The molecule has 0 saturated heterocycles. The van der Waals surface area contributed by atoms with Gasteiger partial charge in [-0.3, -0.25) is 0 Å². The van der Waals surface area contributed by atoms with Crippen molar-refractivity contribution in [2.75, 3.05) is 7.05 Å². The normalized spacial score (nSPS) is 18.6. The molecule has 102 valence electrons. The maximum absolute atomic E-state index is 12.3. The lowest BCUT2D eigenvalue weighted by Gasteiger charge is -2.38. The Kier molecular flexibility index (Phi) is 3.87. The number of hydrogen-bond donors (Lipinski definition) is 2. The summed E-state index contributed by atoms with van der Waals surface area (Å²) >= 11 is 3.16. The maximum atomic E-state index is 12.3. The number of halogens is 1. The first-order chi connectivity index (χ1) is 8.36. The molecule has 5 nitrogen and oxygen atoms in total. The van der Waals surface area contributed by atoms with Gasteiger partial charge in [0.05, 0.1) is 6.54 Å². The lowest BCUT2D eigenvalue weighted by molar-refractivity contribution is 0.248. The largest absolute Gasteiger partial charge is 0.452 e. The Morgan fingerprint density at radius 1 is 1.50 bits per heavy atom. The van der Waals surface area contributed by atoms with Crippen molar-refractivity contribution in [1.82, 2.24) is 10.0 Å². The number of sulfonamides is 1. The van der Waals surface area contributed by atoms with Crippen LogP contribution in [0.3, 0.4) is 0 Å². The van der Waals surface area contributed by atoms with Crippen LogP contribution in [-0.2, 0) is 16.6 Å². The van der Waals surface area contributed by atoms with Crippen LogP contribution in [0.1, 0.15) is 31.9 Å². The van der Waals surface area contributed by atoms with Crippen LogP contribution in [0.25, 0.3) is 0 Å². The Morgan fingerprint density at radius 2 is 2.17 bits per heavy atom. The first kappa shape index (κ1) is 14.0. The van der Waals surface area contributed by atoms with E-state index in [9.17, 15) is 8.42 Å². The molecule has 1 aliphatic carbocycles. The number of nitrogens with one attached hydrogen (secondary N) is 2. The highest BCUT2D eigenvalue weighted by atomic mass is 79.9. The minimum absolute atomic E-state index is 0.167. The van der Waals surface area contributed by atoms with Crippen LogP contribution in [0.4, 0.5) is 0 Å². The summed E-state index contributed by atoms with van der Waals surface area (Å²) in [5.74, 6) is 0.587. The van der Waals surface area contributed by atoms with E-state index in [-0.39, 0.29) is 15.1 Å². The second-order valence-electron chi connectivity index (χ2n) is 4.90. The van der Waals surface area contributed by atoms with Crippen LogP contribution >= 0.6 is 15.9 Å². The minimum Gasteiger partial charge on any atom is -0.452 e.